The Morgan fingerprint density at radius 3 is 2.39 bits per heavy atom. The molecule has 0 aromatic heterocycles. The molecule has 1 aromatic carbocycles. The second-order valence-corrected chi connectivity index (χ2v) is 11.0. The number of hydrogen-bond donors (Lipinski definition) is 0. The van der Waals surface area contributed by atoms with Crippen LogP contribution in [0.1, 0.15) is 31.7 Å². The van der Waals surface area contributed by atoms with Gasteiger partial charge in [-0.1, -0.05) is 37.3 Å². The molecule has 0 heterocycles. The van der Waals surface area contributed by atoms with E-state index in [-0.39, 0.29) is 5.41 Å². The summed E-state index contributed by atoms with van der Waals surface area (Å²) in [6.07, 6.45) is 5.69. The first-order valence-corrected chi connectivity index (χ1v) is 10.2. The molecular weight excluding hydrogens is 236 g/mol. The van der Waals surface area contributed by atoms with Crippen molar-refractivity contribution in [3.8, 4) is 0 Å². The van der Waals surface area contributed by atoms with Crippen LogP contribution in [0.2, 0.25) is 19.6 Å². The molecule has 18 heavy (non-hydrogen) atoms. The molecule has 0 bridgehead atoms. The first-order valence-electron chi connectivity index (χ1n) is 6.83. The lowest BCUT2D eigenvalue weighted by molar-refractivity contribution is 0.308. The van der Waals surface area contributed by atoms with Gasteiger partial charge in [0.2, 0.25) is 8.32 Å². The fourth-order valence-corrected chi connectivity index (χ4v) is 3.60. The van der Waals surface area contributed by atoms with E-state index in [1.54, 1.807) is 0 Å². The second kappa shape index (κ2) is 4.92. The Hall–Kier alpha value is -1.02. The third-order valence-corrected chi connectivity index (χ3v) is 4.42. The number of benzene rings is 1. The Bertz CT molecular complexity index is 430. The van der Waals surface area contributed by atoms with Crippen molar-refractivity contribution in [1.82, 2.24) is 0 Å². The summed E-state index contributed by atoms with van der Waals surface area (Å²) in [5.41, 5.74) is 1.68. The summed E-state index contributed by atoms with van der Waals surface area (Å²) in [4.78, 5) is 0. The molecule has 0 spiro atoms. The number of allylic oxidation sites excluding steroid dienone is 2. The molecule has 0 fully saturated rings. The summed E-state index contributed by atoms with van der Waals surface area (Å²) < 4.78 is 6.20. The molecule has 1 nitrogen and oxygen atoms in total. The van der Waals surface area contributed by atoms with Gasteiger partial charge in [0.1, 0.15) is 0 Å². The first kappa shape index (κ1) is 13.4. The van der Waals surface area contributed by atoms with E-state index in [2.05, 4.69) is 63.0 Å². The lowest BCUT2D eigenvalue weighted by Crippen LogP contribution is -2.31. The predicted octanol–water partition coefficient (Wildman–Crippen LogP) is 4.86. The quantitative estimate of drug-likeness (QED) is 0.705. The Kier molecular flexibility index (Phi) is 3.67. The van der Waals surface area contributed by atoms with Crippen LogP contribution in [0.25, 0.3) is 0 Å². The van der Waals surface area contributed by atoms with Gasteiger partial charge in [-0.3, -0.25) is 0 Å². The second-order valence-electron chi connectivity index (χ2n) is 6.53. The Morgan fingerprint density at radius 1 is 1.11 bits per heavy atom. The van der Waals surface area contributed by atoms with Crippen LogP contribution in [0, 0.1) is 0 Å². The maximum absolute atomic E-state index is 6.20. The highest BCUT2D eigenvalue weighted by atomic mass is 28.4. The average Bonchev–Trinajstić information content (AvgIpc) is 2.28. The highest BCUT2D eigenvalue weighted by Crippen LogP contribution is 2.39. The number of rotatable bonds is 3. The van der Waals surface area contributed by atoms with Gasteiger partial charge in [-0.15, -0.1) is 0 Å². The van der Waals surface area contributed by atoms with E-state index in [0.717, 1.165) is 12.8 Å². The van der Waals surface area contributed by atoms with Gasteiger partial charge in [0.25, 0.3) is 0 Å². The van der Waals surface area contributed by atoms with Crippen molar-refractivity contribution in [2.24, 2.45) is 0 Å². The molecule has 2 rings (SSSR count). The molecule has 0 saturated heterocycles. The molecule has 1 atom stereocenters. The maximum atomic E-state index is 6.20. The van der Waals surface area contributed by atoms with E-state index >= 15 is 0 Å². The van der Waals surface area contributed by atoms with Crippen molar-refractivity contribution >= 4 is 8.32 Å². The Morgan fingerprint density at radius 2 is 1.78 bits per heavy atom. The zero-order chi connectivity index (χ0) is 13.2. The minimum absolute atomic E-state index is 0.241. The molecular formula is C16H24OSi. The Labute approximate surface area is 112 Å². The third kappa shape index (κ3) is 3.26. The molecule has 98 valence electrons. The molecule has 1 aliphatic rings. The van der Waals surface area contributed by atoms with Gasteiger partial charge in [0.05, 0.1) is 5.76 Å². The highest BCUT2D eigenvalue weighted by molar-refractivity contribution is 6.70. The van der Waals surface area contributed by atoms with Crippen LogP contribution in [-0.2, 0) is 9.84 Å². The zero-order valence-corrected chi connectivity index (χ0v) is 13.0. The molecule has 1 aromatic rings. The monoisotopic (exact) mass is 260 g/mol. The molecule has 0 aliphatic heterocycles. The summed E-state index contributed by atoms with van der Waals surface area (Å²) in [5, 5.41) is 0. The lowest BCUT2D eigenvalue weighted by Gasteiger charge is -2.36. The average molecular weight is 260 g/mol. The summed E-state index contributed by atoms with van der Waals surface area (Å²) in [7, 11) is -1.48. The van der Waals surface area contributed by atoms with Crippen molar-refractivity contribution in [1.29, 1.82) is 0 Å². The number of hydrogen-bond acceptors (Lipinski definition) is 1. The van der Waals surface area contributed by atoms with E-state index in [1.807, 2.05) is 0 Å². The van der Waals surface area contributed by atoms with Crippen LogP contribution in [0.15, 0.2) is 42.2 Å². The van der Waals surface area contributed by atoms with Crippen molar-refractivity contribution < 1.29 is 4.43 Å². The van der Waals surface area contributed by atoms with E-state index in [9.17, 15) is 0 Å². The molecule has 0 unspecified atom stereocenters. The fraction of sp³-hybridized carbons (Fsp3) is 0.500. The van der Waals surface area contributed by atoms with Crippen LogP contribution in [-0.4, -0.2) is 8.32 Å². The van der Waals surface area contributed by atoms with Gasteiger partial charge in [0.15, 0.2) is 0 Å². The zero-order valence-electron chi connectivity index (χ0n) is 12.0. The van der Waals surface area contributed by atoms with E-state index in [1.165, 1.54) is 17.7 Å². The van der Waals surface area contributed by atoms with Gasteiger partial charge in [-0.25, -0.2) is 0 Å². The van der Waals surface area contributed by atoms with Gasteiger partial charge < -0.3 is 4.43 Å². The maximum Gasteiger partial charge on any atom is 0.241 e. The smallest absolute Gasteiger partial charge is 0.241 e. The fourth-order valence-electron chi connectivity index (χ4n) is 2.65. The van der Waals surface area contributed by atoms with Gasteiger partial charge in [0, 0.05) is 6.42 Å². The van der Waals surface area contributed by atoms with Crippen molar-refractivity contribution in [3.05, 3.63) is 47.7 Å². The first-order chi connectivity index (χ1) is 8.39. The van der Waals surface area contributed by atoms with Crippen molar-refractivity contribution in [2.45, 2.75) is 51.2 Å². The summed E-state index contributed by atoms with van der Waals surface area (Å²) >= 11 is 0. The lowest BCUT2D eigenvalue weighted by atomic mass is 9.73. The molecule has 0 amide bonds. The van der Waals surface area contributed by atoms with Gasteiger partial charge in [-0.2, -0.15) is 0 Å². The van der Waals surface area contributed by atoms with Gasteiger partial charge >= 0.3 is 0 Å². The topological polar surface area (TPSA) is 9.23 Å². The molecule has 0 saturated carbocycles. The SMILES string of the molecule is C[C@]1(c2ccccc2)CCC=C(O[Si](C)(C)C)C1. The van der Waals surface area contributed by atoms with Crippen LogP contribution in [0.3, 0.4) is 0 Å². The Balaban J connectivity index is 2.16. The standard InChI is InChI=1S/C16H24OSi/c1-16(14-9-6-5-7-10-14)12-8-11-15(13-16)17-18(2,3)4/h5-7,9-11H,8,12-13H2,1-4H3/t16-/m0/s1. The minimum Gasteiger partial charge on any atom is -0.548 e. The van der Waals surface area contributed by atoms with Crippen molar-refractivity contribution in [3.63, 3.8) is 0 Å². The highest BCUT2D eigenvalue weighted by Gasteiger charge is 2.32. The third-order valence-electron chi connectivity index (χ3n) is 3.54. The minimum atomic E-state index is -1.48. The summed E-state index contributed by atoms with van der Waals surface area (Å²) in [5.74, 6) is 1.21. The van der Waals surface area contributed by atoms with Crippen LogP contribution >= 0.6 is 0 Å². The molecule has 2 heteroatoms. The van der Waals surface area contributed by atoms with Crippen LogP contribution < -0.4 is 0 Å². The van der Waals surface area contributed by atoms with Gasteiger partial charge in [-0.05, 0) is 49.5 Å². The van der Waals surface area contributed by atoms with E-state index in [0.29, 0.717) is 0 Å². The molecule has 1 aliphatic carbocycles. The molecule has 0 radical (unpaired) electrons. The van der Waals surface area contributed by atoms with E-state index in [4.69, 9.17) is 4.43 Å². The van der Waals surface area contributed by atoms with Crippen LogP contribution in [0.5, 0.6) is 0 Å². The summed E-state index contributed by atoms with van der Waals surface area (Å²) in [6.45, 7) is 9.12. The largest absolute Gasteiger partial charge is 0.548 e. The predicted molar refractivity (Wildman–Crippen MR) is 80.2 cm³/mol. The molecule has 0 N–H and O–H groups in total. The van der Waals surface area contributed by atoms with E-state index < -0.39 is 8.32 Å². The normalized spacial score (nSPS) is 24.6. The summed E-state index contributed by atoms with van der Waals surface area (Å²) in [6, 6.07) is 10.9. The van der Waals surface area contributed by atoms with Crippen LogP contribution in [0.4, 0.5) is 0 Å². The van der Waals surface area contributed by atoms with Crippen molar-refractivity contribution in [2.75, 3.05) is 0 Å².